The van der Waals surface area contributed by atoms with E-state index < -0.39 is 17.7 Å². The first-order valence-corrected chi connectivity index (χ1v) is 11.0. The molecule has 0 fully saturated rings. The maximum absolute atomic E-state index is 14.2. The first kappa shape index (κ1) is 23.8. The lowest BCUT2D eigenvalue weighted by Gasteiger charge is -2.18. The molecule has 0 aliphatic heterocycles. The first-order chi connectivity index (χ1) is 15.9. The second kappa shape index (κ2) is 11.1. The summed E-state index contributed by atoms with van der Waals surface area (Å²) in [4.78, 5) is 41.7. The Balaban J connectivity index is 1.65. The summed E-state index contributed by atoms with van der Waals surface area (Å²) in [5.74, 6) is -1.74. The van der Waals surface area contributed by atoms with Crippen molar-refractivity contribution in [3.05, 3.63) is 77.1 Å². The molecule has 0 aliphatic carbocycles. The van der Waals surface area contributed by atoms with Crippen LogP contribution in [0.15, 0.2) is 60.0 Å². The molecule has 0 unspecified atom stereocenters. The van der Waals surface area contributed by atoms with Crippen molar-refractivity contribution in [2.75, 3.05) is 16.8 Å². The Labute approximate surface area is 194 Å². The van der Waals surface area contributed by atoms with E-state index in [4.69, 9.17) is 4.74 Å². The van der Waals surface area contributed by atoms with E-state index in [1.165, 1.54) is 42.2 Å². The van der Waals surface area contributed by atoms with Crippen molar-refractivity contribution in [1.29, 1.82) is 0 Å². The molecule has 2 aromatic carbocycles. The third-order valence-electron chi connectivity index (χ3n) is 4.34. The van der Waals surface area contributed by atoms with Gasteiger partial charge < -0.3 is 10.1 Å². The molecular formula is C24H22FN3O4S. The van der Waals surface area contributed by atoms with Gasteiger partial charge in [-0.05, 0) is 48.9 Å². The van der Waals surface area contributed by atoms with Gasteiger partial charge in [-0.2, -0.15) is 0 Å². The predicted molar refractivity (Wildman–Crippen MR) is 126 cm³/mol. The van der Waals surface area contributed by atoms with Gasteiger partial charge in [-0.15, -0.1) is 11.3 Å². The minimum Gasteiger partial charge on any atom is -0.462 e. The molecular weight excluding hydrogens is 445 g/mol. The number of anilines is 3. The highest BCUT2D eigenvalue weighted by Crippen LogP contribution is 2.31. The number of benzene rings is 2. The van der Waals surface area contributed by atoms with Crippen molar-refractivity contribution >= 4 is 51.7 Å². The quantitative estimate of drug-likeness (QED) is 0.364. The first-order valence-electron chi connectivity index (χ1n) is 10.2. The number of ether oxygens (including phenoxy) is 1. The number of thiazole rings is 1. The fourth-order valence-electron chi connectivity index (χ4n) is 2.81. The standard InChI is InChI=1S/C24H22FN3O4S/c1-3-14-32-23(31)17-8-10-18(11-9-17)26-22(30)13-12-19-15-33-24(27-19)28(16(2)29)21-7-5-4-6-20(21)25/h4-13,15H,3,14H2,1-2H3,(H,26,30)/b13-12+. The van der Waals surface area contributed by atoms with E-state index in [0.29, 0.717) is 28.7 Å². The van der Waals surface area contributed by atoms with Crippen LogP contribution >= 0.6 is 11.3 Å². The highest BCUT2D eigenvalue weighted by atomic mass is 32.1. The average molecular weight is 468 g/mol. The lowest BCUT2D eigenvalue weighted by Crippen LogP contribution is -2.23. The Bertz CT molecular complexity index is 1170. The molecule has 33 heavy (non-hydrogen) atoms. The molecule has 1 N–H and O–H groups in total. The van der Waals surface area contributed by atoms with Crippen LogP contribution in [0.1, 0.15) is 36.3 Å². The summed E-state index contributed by atoms with van der Waals surface area (Å²) in [6, 6.07) is 12.3. The van der Waals surface area contributed by atoms with Gasteiger partial charge >= 0.3 is 5.97 Å². The smallest absolute Gasteiger partial charge is 0.338 e. The molecule has 0 bridgehead atoms. The summed E-state index contributed by atoms with van der Waals surface area (Å²) in [6.45, 7) is 3.59. The Kier molecular flexibility index (Phi) is 8.04. The molecule has 3 aromatic rings. The van der Waals surface area contributed by atoms with Crippen LogP contribution in [0.4, 0.5) is 20.9 Å². The molecule has 170 valence electrons. The van der Waals surface area contributed by atoms with Crippen LogP contribution in [0.5, 0.6) is 0 Å². The van der Waals surface area contributed by atoms with E-state index >= 15 is 0 Å². The molecule has 3 rings (SSSR count). The van der Waals surface area contributed by atoms with Gasteiger partial charge in [0.05, 0.1) is 23.6 Å². The van der Waals surface area contributed by atoms with Crippen LogP contribution in [0.3, 0.4) is 0 Å². The highest BCUT2D eigenvalue weighted by Gasteiger charge is 2.20. The highest BCUT2D eigenvalue weighted by molar-refractivity contribution is 7.14. The average Bonchev–Trinajstić information content (AvgIpc) is 3.26. The summed E-state index contributed by atoms with van der Waals surface area (Å²) in [7, 11) is 0. The third-order valence-corrected chi connectivity index (χ3v) is 5.18. The van der Waals surface area contributed by atoms with E-state index in [1.54, 1.807) is 35.7 Å². The number of esters is 1. The Morgan fingerprint density at radius 2 is 1.88 bits per heavy atom. The number of para-hydroxylation sites is 1. The molecule has 7 nitrogen and oxygen atoms in total. The fourth-order valence-corrected chi connectivity index (χ4v) is 3.66. The van der Waals surface area contributed by atoms with Crippen LogP contribution in [0.2, 0.25) is 0 Å². The second-order valence-electron chi connectivity index (χ2n) is 6.90. The number of aromatic nitrogens is 1. The molecule has 0 saturated carbocycles. The summed E-state index contributed by atoms with van der Waals surface area (Å²) >= 11 is 1.16. The SMILES string of the molecule is CCCOC(=O)c1ccc(NC(=O)/C=C/c2csc(N(C(C)=O)c3ccccc3F)n2)cc1. The minimum absolute atomic E-state index is 0.106. The van der Waals surface area contributed by atoms with E-state index in [9.17, 15) is 18.8 Å². The van der Waals surface area contributed by atoms with Crippen molar-refractivity contribution in [2.45, 2.75) is 20.3 Å². The molecule has 0 atom stereocenters. The Hall–Kier alpha value is -3.85. The molecule has 9 heteroatoms. The van der Waals surface area contributed by atoms with E-state index in [1.807, 2.05) is 6.92 Å². The minimum atomic E-state index is -0.538. The Morgan fingerprint density at radius 3 is 2.55 bits per heavy atom. The van der Waals surface area contributed by atoms with Gasteiger partial charge in [0.1, 0.15) is 5.82 Å². The van der Waals surface area contributed by atoms with Gasteiger partial charge in [0.2, 0.25) is 11.8 Å². The van der Waals surface area contributed by atoms with Crippen LogP contribution in [0.25, 0.3) is 6.08 Å². The number of carbonyl (C=O) groups is 3. The molecule has 0 spiro atoms. The number of hydrogen-bond donors (Lipinski definition) is 1. The van der Waals surface area contributed by atoms with Crippen molar-refractivity contribution in [1.82, 2.24) is 4.98 Å². The topological polar surface area (TPSA) is 88.6 Å². The molecule has 2 amide bonds. The summed E-state index contributed by atoms with van der Waals surface area (Å²) in [5, 5.41) is 4.64. The number of hydrogen-bond acceptors (Lipinski definition) is 6. The van der Waals surface area contributed by atoms with Crippen LogP contribution in [-0.4, -0.2) is 29.4 Å². The number of rotatable bonds is 8. The van der Waals surface area contributed by atoms with E-state index in [-0.39, 0.29) is 11.6 Å². The van der Waals surface area contributed by atoms with Crippen molar-refractivity contribution in [3.63, 3.8) is 0 Å². The zero-order chi connectivity index (χ0) is 23.8. The van der Waals surface area contributed by atoms with Crippen LogP contribution < -0.4 is 10.2 Å². The molecule has 0 radical (unpaired) electrons. The molecule has 0 aliphatic rings. The number of nitrogens with one attached hydrogen (secondary N) is 1. The molecule has 0 saturated heterocycles. The third kappa shape index (κ3) is 6.33. The monoisotopic (exact) mass is 467 g/mol. The van der Waals surface area contributed by atoms with Crippen molar-refractivity contribution in [2.24, 2.45) is 0 Å². The largest absolute Gasteiger partial charge is 0.462 e. The maximum atomic E-state index is 14.2. The number of nitrogens with zero attached hydrogens (tertiary/aromatic N) is 2. The van der Waals surface area contributed by atoms with Crippen molar-refractivity contribution in [3.8, 4) is 0 Å². The number of carbonyl (C=O) groups excluding carboxylic acids is 3. The lowest BCUT2D eigenvalue weighted by molar-refractivity contribution is -0.116. The number of amides is 2. The number of halogens is 1. The fraction of sp³-hybridized carbons (Fsp3) is 0.167. The van der Waals surface area contributed by atoms with Gasteiger partial charge in [-0.1, -0.05) is 19.1 Å². The molecule has 1 aromatic heterocycles. The van der Waals surface area contributed by atoms with E-state index in [0.717, 1.165) is 17.8 Å². The lowest BCUT2D eigenvalue weighted by atomic mass is 10.2. The molecule has 1 heterocycles. The van der Waals surface area contributed by atoms with Gasteiger partial charge in [0.15, 0.2) is 5.13 Å². The van der Waals surface area contributed by atoms with Gasteiger partial charge in [-0.3, -0.25) is 14.5 Å². The Morgan fingerprint density at radius 1 is 1.15 bits per heavy atom. The predicted octanol–water partition coefficient (Wildman–Crippen LogP) is 5.19. The van der Waals surface area contributed by atoms with Crippen LogP contribution in [-0.2, 0) is 14.3 Å². The normalized spacial score (nSPS) is 10.8. The summed E-state index contributed by atoms with van der Waals surface area (Å²) < 4.78 is 19.2. The van der Waals surface area contributed by atoms with Gasteiger partial charge in [-0.25, -0.2) is 14.2 Å². The van der Waals surface area contributed by atoms with Crippen LogP contribution in [0, 0.1) is 5.82 Å². The zero-order valence-electron chi connectivity index (χ0n) is 18.1. The maximum Gasteiger partial charge on any atom is 0.338 e. The van der Waals surface area contributed by atoms with Gasteiger partial charge in [0, 0.05) is 24.1 Å². The summed E-state index contributed by atoms with van der Waals surface area (Å²) in [5.41, 5.74) is 1.46. The van der Waals surface area contributed by atoms with Gasteiger partial charge in [0.25, 0.3) is 0 Å². The zero-order valence-corrected chi connectivity index (χ0v) is 18.9. The second-order valence-corrected chi connectivity index (χ2v) is 7.73. The van der Waals surface area contributed by atoms with E-state index in [2.05, 4.69) is 10.3 Å². The van der Waals surface area contributed by atoms with Crippen molar-refractivity contribution < 1.29 is 23.5 Å². The summed E-state index contributed by atoms with van der Waals surface area (Å²) in [6.07, 6.45) is 3.53.